The van der Waals surface area contributed by atoms with Crippen LogP contribution in [0, 0.1) is 11.8 Å². The minimum atomic E-state index is 0.542. The maximum Gasteiger partial charge on any atom is 0.126 e. The maximum absolute atomic E-state index is 6.01. The topological polar surface area (TPSA) is 50.9 Å². The van der Waals surface area contributed by atoms with Gasteiger partial charge in [-0.3, -0.25) is 0 Å². The average molecular weight is 275 g/mol. The lowest BCUT2D eigenvalue weighted by atomic mass is 9.75. The zero-order valence-corrected chi connectivity index (χ0v) is 12.9. The zero-order valence-electron chi connectivity index (χ0n) is 12.9. The first kappa shape index (κ1) is 15.3. The van der Waals surface area contributed by atoms with E-state index < -0.39 is 0 Å². The van der Waals surface area contributed by atoms with Crippen molar-refractivity contribution in [1.29, 1.82) is 0 Å². The molecule has 3 unspecified atom stereocenters. The van der Waals surface area contributed by atoms with Gasteiger partial charge in [-0.05, 0) is 49.3 Å². The Morgan fingerprint density at radius 3 is 2.95 bits per heavy atom. The van der Waals surface area contributed by atoms with Crippen molar-refractivity contribution in [2.75, 3.05) is 12.3 Å². The Labute approximate surface area is 123 Å². The van der Waals surface area contributed by atoms with Crippen molar-refractivity contribution < 1.29 is 0 Å². The summed E-state index contributed by atoms with van der Waals surface area (Å²) in [5, 5.41) is 3.69. The van der Waals surface area contributed by atoms with Crippen molar-refractivity contribution in [3.63, 3.8) is 0 Å². The van der Waals surface area contributed by atoms with E-state index in [1.807, 2.05) is 6.07 Å². The van der Waals surface area contributed by atoms with Gasteiger partial charge in [0.2, 0.25) is 0 Å². The Hall–Kier alpha value is -1.09. The van der Waals surface area contributed by atoms with Crippen LogP contribution in [0.3, 0.4) is 0 Å². The standard InChI is InChI=1S/C17H29N3/c1-3-13-7-5-8-14(11-13)16(19-4-2)12-15-9-6-10-20-17(15)18/h6,9-10,13-14,16,19H,3-5,7-8,11-12H2,1-2H3,(H2,18,20). The van der Waals surface area contributed by atoms with Gasteiger partial charge < -0.3 is 11.1 Å². The van der Waals surface area contributed by atoms with E-state index in [4.69, 9.17) is 5.73 Å². The van der Waals surface area contributed by atoms with E-state index in [-0.39, 0.29) is 0 Å². The van der Waals surface area contributed by atoms with Crippen LogP contribution < -0.4 is 11.1 Å². The van der Waals surface area contributed by atoms with E-state index in [1.165, 1.54) is 37.7 Å². The molecule has 2 rings (SSSR count). The van der Waals surface area contributed by atoms with Gasteiger partial charge in [0.25, 0.3) is 0 Å². The first-order valence-electron chi connectivity index (χ1n) is 8.17. The molecule has 3 N–H and O–H groups in total. The molecule has 1 aliphatic rings. The molecule has 3 heteroatoms. The number of nitrogens with two attached hydrogens (primary N) is 1. The van der Waals surface area contributed by atoms with Gasteiger partial charge >= 0.3 is 0 Å². The van der Waals surface area contributed by atoms with Gasteiger partial charge in [-0.2, -0.15) is 0 Å². The van der Waals surface area contributed by atoms with E-state index in [0.29, 0.717) is 11.9 Å². The summed E-state index contributed by atoms with van der Waals surface area (Å²) < 4.78 is 0. The van der Waals surface area contributed by atoms with Crippen molar-refractivity contribution in [2.24, 2.45) is 11.8 Å². The van der Waals surface area contributed by atoms with E-state index in [0.717, 1.165) is 24.8 Å². The summed E-state index contributed by atoms with van der Waals surface area (Å²) in [4.78, 5) is 4.22. The molecule has 20 heavy (non-hydrogen) atoms. The largest absolute Gasteiger partial charge is 0.383 e. The molecule has 1 heterocycles. The van der Waals surface area contributed by atoms with Crippen LogP contribution >= 0.6 is 0 Å². The van der Waals surface area contributed by atoms with Gasteiger partial charge in [0, 0.05) is 12.2 Å². The number of hydrogen-bond acceptors (Lipinski definition) is 3. The Balaban J connectivity index is 2.04. The highest BCUT2D eigenvalue weighted by molar-refractivity contribution is 5.39. The molecule has 1 aliphatic carbocycles. The van der Waals surface area contributed by atoms with Gasteiger partial charge in [0.1, 0.15) is 5.82 Å². The molecule has 0 aromatic carbocycles. The summed E-state index contributed by atoms with van der Waals surface area (Å²) in [6.07, 6.45) is 9.63. The fourth-order valence-electron chi connectivity index (χ4n) is 3.60. The zero-order chi connectivity index (χ0) is 14.4. The number of likely N-dealkylation sites (N-methyl/N-ethyl adjacent to an activating group) is 1. The van der Waals surface area contributed by atoms with Crippen LogP contribution in [0.4, 0.5) is 5.82 Å². The number of hydrogen-bond donors (Lipinski definition) is 2. The number of pyridine rings is 1. The third kappa shape index (κ3) is 3.95. The van der Waals surface area contributed by atoms with Gasteiger partial charge in [-0.1, -0.05) is 39.2 Å². The quantitative estimate of drug-likeness (QED) is 0.836. The van der Waals surface area contributed by atoms with Crippen molar-refractivity contribution in [3.05, 3.63) is 23.9 Å². The molecule has 0 spiro atoms. The van der Waals surface area contributed by atoms with Gasteiger partial charge in [0.05, 0.1) is 0 Å². The fourth-order valence-corrected chi connectivity index (χ4v) is 3.60. The number of nitrogens with zero attached hydrogens (tertiary/aromatic N) is 1. The van der Waals surface area contributed by atoms with Gasteiger partial charge in [0.15, 0.2) is 0 Å². The molecule has 0 radical (unpaired) electrons. The summed E-state index contributed by atoms with van der Waals surface area (Å²) in [6.45, 7) is 5.55. The lowest BCUT2D eigenvalue weighted by Gasteiger charge is -2.35. The molecule has 112 valence electrons. The molecular formula is C17H29N3. The first-order chi connectivity index (χ1) is 9.74. The SMILES string of the molecule is CCNC(Cc1cccnc1N)C1CCCC(CC)C1. The summed E-state index contributed by atoms with van der Waals surface area (Å²) >= 11 is 0. The molecule has 1 aromatic rings. The summed E-state index contributed by atoms with van der Waals surface area (Å²) in [5.41, 5.74) is 7.20. The fraction of sp³-hybridized carbons (Fsp3) is 0.706. The van der Waals surface area contributed by atoms with Crippen molar-refractivity contribution in [1.82, 2.24) is 10.3 Å². The summed E-state index contributed by atoms with van der Waals surface area (Å²) in [5.74, 6) is 2.40. The van der Waals surface area contributed by atoms with Crippen LogP contribution in [0.25, 0.3) is 0 Å². The predicted molar refractivity (Wildman–Crippen MR) is 85.6 cm³/mol. The first-order valence-corrected chi connectivity index (χ1v) is 8.17. The summed E-state index contributed by atoms with van der Waals surface area (Å²) in [7, 11) is 0. The van der Waals surface area contributed by atoms with E-state index >= 15 is 0 Å². The van der Waals surface area contributed by atoms with E-state index in [2.05, 4.69) is 30.2 Å². The van der Waals surface area contributed by atoms with E-state index in [9.17, 15) is 0 Å². The summed E-state index contributed by atoms with van der Waals surface area (Å²) in [6, 6.07) is 4.65. The molecular weight excluding hydrogens is 246 g/mol. The molecule has 0 saturated heterocycles. The Morgan fingerprint density at radius 1 is 1.40 bits per heavy atom. The predicted octanol–water partition coefficient (Wildman–Crippen LogP) is 3.40. The molecule has 0 bridgehead atoms. The van der Waals surface area contributed by atoms with Crippen LogP contribution in [0.15, 0.2) is 18.3 Å². The number of anilines is 1. The second-order valence-electron chi connectivity index (χ2n) is 6.12. The third-order valence-corrected chi connectivity index (χ3v) is 4.80. The molecule has 3 atom stereocenters. The highest BCUT2D eigenvalue weighted by Crippen LogP contribution is 2.34. The molecule has 1 fully saturated rings. The van der Waals surface area contributed by atoms with Crippen molar-refractivity contribution in [3.8, 4) is 0 Å². The Morgan fingerprint density at radius 2 is 2.25 bits per heavy atom. The monoisotopic (exact) mass is 275 g/mol. The van der Waals surface area contributed by atoms with Gasteiger partial charge in [-0.15, -0.1) is 0 Å². The highest BCUT2D eigenvalue weighted by atomic mass is 14.9. The normalized spacial score (nSPS) is 24.5. The third-order valence-electron chi connectivity index (χ3n) is 4.80. The highest BCUT2D eigenvalue weighted by Gasteiger charge is 2.27. The van der Waals surface area contributed by atoms with Crippen molar-refractivity contribution >= 4 is 5.82 Å². The second kappa shape index (κ2) is 7.63. The lowest BCUT2D eigenvalue weighted by molar-refractivity contribution is 0.208. The minimum absolute atomic E-state index is 0.542. The number of nitrogens with one attached hydrogen (secondary N) is 1. The number of aromatic nitrogens is 1. The van der Waals surface area contributed by atoms with E-state index in [1.54, 1.807) is 6.20 Å². The Kier molecular flexibility index (Phi) is 5.84. The molecule has 3 nitrogen and oxygen atoms in total. The maximum atomic E-state index is 6.01. The van der Waals surface area contributed by atoms with Gasteiger partial charge in [-0.25, -0.2) is 4.98 Å². The van der Waals surface area contributed by atoms with Crippen LogP contribution in [0.1, 0.15) is 51.5 Å². The molecule has 1 aromatic heterocycles. The second-order valence-corrected chi connectivity index (χ2v) is 6.12. The average Bonchev–Trinajstić information content (AvgIpc) is 2.49. The molecule has 0 aliphatic heterocycles. The smallest absolute Gasteiger partial charge is 0.126 e. The Bertz CT molecular complexity index is 405. The minimum Gasteiger partial charge on any atom is -0.383 e. The number of nitrogen functional groups attached to an aromatic ring is 1. The van der Waals surface area contributed by atoms with Crippen LogP contribution in [-0.4, -0.2) is 17.6 Å². The van der Waals surface area contributed by atoms with Crippen LogP contribution in [0.5, 0.6) is 0 Å². The molecule has 1 saturated carbocycles. The van der Waals surface area contributed by atoms with Crippen molar-refractivity contribution in [2.45, 2.75) is 58.4 Å². The number of rotatable bonds is 6. The van der Waals surface area contributed by atoms with Crippen LogP contribution in [-0.2, 0) is 6.42 Å². The van der Waals surface area contributed by atoms with Crippen LogP contribution in [0.2, 0.25) is 0 Å². The molecule has 0 amide bonds. The lowest BCUT2D eigenvalue weighted by Crippen LogP contribution is -2.40.